The number of hydrogen-bond donors (Lipinski definition) is 1. The Morgan fingerprint density at radius 2 is 2.25 bits per heavy atom. The highest BCUT2D eigenvalue weighted by molar-refractivity contribution is 5.06. The summed E-state index contributed by atoms with van der Waals surface area (Å²) in [5.74, 6) is 0.446. The van der Waals surface area contributed by atoms with Crippen LogP contribution in [0.3, 0.4) is 0 Å². The average Bonchev–Trinajstić information content (AvgIpc) is 2.17. The van der Waals surface area contributed by atoms with Gasteiger partial charge in [0.15, 0.2) is 0 Å². The normalized spacial score (nSPS) is 24.6. The summed E-state index contributed by atoms with van der Waals surface area (Å²) in [5.41, 5.74) is 2.33. The highest BCUT2D eigenvalue weighted by atomic mass is 16.3. The highest BCUT2D eigenvalue weighted by Gasteiger charge is 2.31. The second-order valence-electron chi connectivity index (χ2n) is 5.70. The molecule has 0 spiro atoms. The van der Waals surface area contributed by atoms with Crippen molar-refractivity contribution in [2.24, 2.45) is 5.92 Å². The molecule has 0 fully saturated rings. The fraction of sp³-hybridized carbons (Fsp3) is 0.733. The molecule has 0 bridgehead atoms. The molecule has 0 aromatic carbocycles. The summed E-state index contributed by atoms with van der Waals surface area (Å²) in [5, 5.41) is 10.5. The Hall–Kier alpha value is -0.560. The summed E-state index contributed by atoms with van der Waals surface area (Å²) in [7, 11) is 0. The van der Waals surface area contributed by atoms with Gasteiger partial charge in [0.2, 0.25) is 0 Å². The van der Waals surface area contributed by atoms with Crippen LogP contribution in [0.2, 0.25) is 0 Å². The lowest BCUT2D eigenvalue weighted by atomic mass is 9.76. The van der Waals surface area contributed by atoms with Crippen molar-refractivity contribution < 1.29 is 5.11 Å². The summed E-state index contributed by atoms with van der Waals surface area (Å²) in [6, 6.07) is 0. The first kappa shape index (κ1) is 13.5. The van der Waals surface area contributed by atoms with Gasteiger partial charge in [-0.25, -0.2) is 0 Å². The Morgan fingerprint density at radius 3 is 2.75 bits per heavy atom. The van der Waals surface area contributed by atoms with Crippen LogP contribution in [0, 0.1) is 5.92 Å². The van der Waals surface area contributed by atoms with Gasteiger partial charge in [0.25, 0.3) is 0 Å². The van der Waals surface area contributed by atoms with Gasteiger partial charge >= 0.3 is 0 Å². The van der Waals surface area contributed by atoms with E-state index >= 15 is 0 Å². The third kappa shape index (κ3) is 4.13. The van der Waals surface area contributed by atoms with Crippen LogP contribution < -0.4 is 0 Å². The molecule has 1 nitrogen and oxygen atoms in total. The molecule has 0 aliphatic heterocycles. The van der Waals surface area contributed by atoms with Crippen LogP contribution in [0.25, 0.3) is 0 Å². The van der Waals surface area contributed by atoms with Crippen molar-refractivity contribution in [3.8, 4) is 0 Å². The van der Waals surface area contributed by atoms with E-state index < -0.39 is 5.60 Å². The summed E-state index contributed by atoms with van der Waals surface area (Å²) >= 11 is 0. The van der Waals surface area contributed by atoms with Crippen LogP contribution in [-0.4, -0.2) is 10.7 Å². The molecule has 1 heteroatoms. The van der Waals surface area contributed by atoms with Crippen LogP contribution in [0.4, 0.5) is 0 Å². The van der Waals surface area contributed by atoms with Gasteiger partial charge in [-0.3, -0.25) is 0 Å². The second kappa shape index (κ2) is 5.67. The molecular weight excluding hydrogens is 196 g/mol. The lowest BCUT2D eigenvalue weighted by Gasteiger charge is -2.34. The monoisotopic (exact) mass is 222 g/mol. The maximum Gasteiger partial charge on any atom is 0.0653 e. The van der Waals surface area contributed by atoms with Gasteiger partial charge in [-0.1, -0.05) is 23.3 Å². The van der Waals surface area contributed by atoms with E-state index in [2.05, 4.69) is 32.9 Å². The Labute approximate surface area is 100 Å². The molecule has 0 saturated carbocycles. The van der Waals surface area contributed by atoms with E-state index in [0.29, 0.717) is 5.92 Å². The van der Waals surface area contributed by atoms with E-state index in [1.807, 2.05) is 6.92 Å². The summed E-state index contributed by atoms with van der Waals surface area (Å²) < 4.78 is 0. The topological polar surface area (TPSA) is 20.2 Å². The SMILES string of the molecule is CC(C)=CCC[C@](C)(O)[C@H]1CC=C(C)CC1. The maximum absolute atomic E-state index is 10.5. The molecular formula is C15H26O. The van der Waals surface area contributed by atoms with E-state index in [0.717, 1.165) is 32.1 Å². The van der Waals surface area contributed by atoms with Gasteiger partial charge in [0.1, 0.15) is 0 Å². The van der Waals surface area contributed by atoms with Gasteiger partial charge in [-0.15, -0.1) is 0 Å². The third-order valence-corrected chi connectivity index (χ3v) is 3.72. The molecule has 0 radical (unpaired) electrons. The van der Waals surface area contributed by atoms with Crippen molar-refractivity contribution in [2.75, 3.05) is 0 Å². The number of allylic oxidation sites excluding steroid dienone is 4. The van der Waals surface area contributed by atoms with Gasteiger partial charge in [0, 0.05) is 0 Å². The van der Waals surface area contributed by atoms with Crippen molar-refractivity contribution in [2.45, 2.75) is 65.4 Å². The average molecular weight is 222 g/mol. The first-order valence-corrected chi connectivity index (χ1v) is 6.43. The fourth-order valence-electron chi connectivity index (χ4n) is 2.39. The van der Waals surface area contributed by atoms with E-state index in [9.17, 15) is 5.11 Å². The number of aliphatic hydroxyl groups is 1. The third-order valence-electron chi connectivity index (χ3n) is 3.72. The summed E-state index contributed by atoms with van der Waals surface area (Å²) in [4.78, 5) is 0. The van der Waals surface area contributed by atoms with Gasteiger partial charge < -0.3 is 5.11 Å². The Kier molecular flexibility index (Phi) is 4.79. The van der Waals surface area contributed by atoms with Crippen molar-refractivity contribution in [1.29, 1.82) is 0 Å². The lowest BCUT2D eigenvalue weighted by Crippen LogP contribution is -2.35. The minimum atomic E-state index is -0.497. The van der Waals surface area contributed by atoms with Crippen molar-refractivity contribution in [3.05, 3.63) is 23.3 Å². The zero-order chi connectivity index (χ0) is 12.2. The van der Waals surface area contributed by atoms with E-state index in [1.54, 1.807) is 0 Å². The van der Waals surface area contributed by atoms with Gasteiger partial charge in [-0.05, 0) is 65.7 Å². The van der Waals surface area contributed by atoms with E-state index in [-0.39, 0.29) is 0 Å². The second-order valence-corrected chi connectivity index (χ2v) is 5.70. The zero-order valence-electron chi connectivity index (χ0n) is 11.2. The van der Waals surface area contributed by atoms with Gasteiger partial charge in [0.05, 0.1) is 5.60 Å². The molecule has 1 aliphatic rings. The molecule has 0 saturated heterocycles. The minimum Gasteiger partial charge on any atom is -0.390 e. The molecule has 0 aromatic rings. The fourth-order valence-corrected chi connectivity index (χ4v) is 2.39. The molecule has 2 atom stereocenters. The molecule has 1 N–H and O–H groups in total. The summed E-state index contributed by atoms with van der Waals surface area (Å²) in [6.45, 7) is 8.42. The first-order valence-electron chi connectivity index (χ1n) is 6.43. The van der Waals surface area contributed by atoms with Crippen LogP contribution >= 0.6 is 0 Å². The largest absolute Gasteiger partial charge is 0.390 e. The lowest BCUT2D eigenvalue weighted by molar-refractivity contribution is -0.0122. The highest BCUT2D eigenvalue weighted by Crippen LogP contribution is 2.34. The Morgan fingerprint density at radius 1 is 1.56 bits per heavy atom. The quantitative estimate of drug-likeness (QED) is 0.706. The standard InChI is InChI=1S/C15H26O/c1-12(2)6-5-11-15(4,16)14-9-7-13(3)8-10-14/h6-7,14,16H,5,8-11H2,1-4H3/t14-,15-/m0/s1. The first-order chi connectivity index (χ1) is 7.42. The van der Waals surface area contributed by atoms with Gasteiger partial charge in [-0.2, -0.15) is 0 Å². The molecule has 16 heavy (non-hydrogen) atoms. The maximum atomic E-state index is 10.5. The molecule has 1 aliphatic carbocycles. The molecule has 0 amide bonds. The van der Waals surface area contributed by atoms with Crippen LogP contribution in [0.15, 0.2) is 23.3 Å². The molecule has 1 rings (SSSR count). The van der Waals surface area contributed by atoms with Crippen LogP contribution in [-0.2, 0) is 0 Å². The van der Waals surface area contributed by atoms with Crippen molar-refractivity contribution >= 4 is 0 Å². The Bertz CT molecular complexity index is 280. The predicted molar refractivity (Wildman–Crippen MR) is 70.4 cm³/mol. The molecule has 0 aromatic heterocycles. The number of hydrogen-bond acceptors (Lipinski definition) is 1. The molecule has 0 heterocycles. The van der Waals surface area contributed by atoms with Crippen molar-refractivity contribution in [3.63, 3.8) is 0 Å². The van der Waals surface area contributed by atoms with Crippen LogP contribution in [0.1, 0.15) is 59.8 Å². The Balaban J connectivity index is 2.47. The molecule has 0 unspecified atom stereocenters. The zero-order valence-corrected chi connectivity index (χ0v) is 11.2. The van der Waals surface area contributed by atoms with E-state index in [1.165, 1.54) is 11.1 Å². The predicted octanol–water partition coefficient (Wildman–Crippen LogP) is 4.23. The van der Waals surface area contributed by atoms with Crippen molar-refractivity contribution in [1.82, 2.24) is 0 Å². The minimum absolute atomic E-state index is 0.446. The van der Waals surface area contributed by atoms with E-state index in [4.69, 9.17) is 0 Å². The molecule has 92 valence electrons. The number of rotatable bonds is 4. The van der Waals surface area contributed by atoms with Crippen LogP contribution in [0.5, 0.6) is 0 Å². The smallest absolute Gasteiger partial charge is 0.0653 e. The summed E-state index contributed by atoms with van der Waals surface area (Å²) in [6.07, 6.45) is 9.74.